The van der Waals surface area contributed by atoms with Crippen LogP contribution in [0.3, 0.4) is 0 Å². The van der Waals surface area contributed by atoms with E-state index in [1.165, 1.54) is 16.8 Å². The van der Waals surface area contributed by atoms with E-state index in [9.17, 15) is 14.0 Å². The van der Waals surface area contributed by atoms with Crippen LogP contribution in [0.15, 0.2) is 53.3 Å². The van der Waals surface area contributed by atoms with Crippen LogP contribution in [0.4, 0.5) is 4.39 Å². The lowest BCUT2D eigenvalue weighted by Gasteiger charge is -2.39. The summed E-state index contributed by atoms with van der Waals surface area (Å²) in [5, 5.41) is 5.97. The Morgan fingerprint density at radius 2 is 1.66 bits per heavy atom. The van der Waals surface area contributed by atoms with Crippen molar-refractivity contribution < 1.29 is 9.18 Å². The number of carbonyl (C=O) groups excluding carboxylic acids is 1. The molecule has 3 heterocycles. The van der Waals surface area contributed by atoms with E-state index >= 15 is 0 Å². The molecule has 1 unspecified atom stereocenters. The fourth-order valence-electron chi connectivity index (χ4n) is 5.58. The average molecular weight is 434 g/mol. The Bertz CT molecular complexity index is 1200. The van der Waals surface area contributed by atoms with Gasteiger partial charge in [0.25, 0.3) is 5.56 Å². The van der Waals surface area contributed by atoms with Gasteiger partial charge in [-0.3, -0.25) is 9.59 Å². The van der Waals surface area contributed by atoms with Crippen molar-refractivity contribution in [3.8, 4) is 0 Å². The molecule has 1 amide bonds. The van der Waals surface area contributed by atoms with E-state index in [-0.39, 0.29) is 41.8 Å². The standard InChI is InChI=1S/C26H28FN3O2/c1-16(2)30-26(32)23-6-4-3-5-22(23)24(28-30)15-25(31)29-20-11-12-21(29)14-18(13-20)17-7-9-19(27)10-8-17/h3-10,16,18,20-21H,11-15H2,1-2H3/t18?,20-,21+. The van der Waals surface area contributed by atoms with Crippen LogP contribution in [0.2, 0.25) is 0 Å². The van der Waals surface area contributed by atoms with E-state index < -0.39 is 0 Å². The van der Waals surface area contributed by atoms with Gasteiger partial charge in [0.1, 0.15) is 5.82 Å². The first kappa shape index (κ1) is 20.9. The minimum absolute atomic E-state index is 0.0800. The largest absolute Gasteiger partial charge is 0.336 e. The van der Waals surface area contributed by atoms with Crippen LogP contribution in [-0.4, -0.2) is 32.7 Å². The van der Waals surface area contributed by atoms with Gasteiger partial charge in [0, 0.05) is 17.5 Å². The number of amides is 1. The maximum absolute atomic E-state index is 13.5. The number of hydrogen-bond acceptors (Lipinski definition) is 3. The van der Waals surface area contributed by atoms with Gasteiger partial charge in [0.2, 0.25) is 5.91 Å². The molecule has 166 valence electrons. The molecule has 3 aromatic rings. The van der Waals surface area contributed by atoms with Crippen LogP contribution in [0.5, 0.6) is 0 Å². The molecule has 2 fully saturated rings. The maximum atomic E-state index is 13.5. The summed E-state index contributed by atoms with van der Waals surface area (Å²) < 4.78 is 14.8. The third-order valence-corrected chi connectivity index (χ3v) is 7.08. The fourth-order valence-corrected chi connectivity index (χ4v) is 5.58. The predicted molar refractivity (Wildman–Crippen MR) is 122 cm³/mol. The average Bonchev–Trinajstić information content (AvgIpc) is 3.05. The van der Waals surface area contributed by atoms with Crippen LogP contribution in [0.1, 0.15) is 62.7 Å². The smallest absolute Gasteiger partial charge is 0.274 e. The minimum Gasteiger partial charge on any atom is -0.336 e. The summed E-state index contributed by atoms with van der Waals surface area (Å²) in [6, 6.07) is 14.6. The van der Waals surface area contributed by atoms with Gasteiger partial charge in [-0.25, -0.2) is 9.07 Å². The molecule has 32 heavy (non-hydrogen) atoms. The topological polar surface area (TPSA) is 55.2 Å². The predicted octanol–water partition coefficient (Wildman–Crippen LogP) is 4.60. The van der Waals surface area contributed by atoms with Crippen LogP contribution < -0.4 is 5.56 Å². The molecule has 5 rings (SSSR count). The Balaban J connectivity index is 1.41. The highest BCUT2D eigenvalue weighted by Crippen LogP contribution is 2.43. The lowest BCUT2D eigenvalue weighted by atomic mass is 9.85. The second-order valence-electron chi connectivity index (χ2n) is 9.42. The molecule has 6 heteroatoms. The highest BCUT2D eigenvalue weighted by atomic mass is 19.1. The second-order valence-corrected chi connectivity index (χ2v) is 9.42. The Morgan fingerprint density at radius 1 is 1.03 bits per heavy atom. The van der Waals surface area contributed by atoms with Gasteiger partial charge >= 0.3 is 0 Å². The Morgan fingerprint density at radius 3 is 2.28 bits per heavy atom. The van der Waals surface area contributed by atoms with Gasteiger partial charge in [0.15, 0.2) is 0 Å². The van der Waals surface area contributed by atoms with Crippen molar-refractivity contribution in [1.82, 2.24) is 14.7 Å². The van der Waals surface area contributed by atoms with E-state index in [2.05, 4.69) is 10.00 Å². The minimum atomic E-state index is -0.216. The number of carbonyl (C=O) groups is 1. The lowest BCUT2D eigenvalue weighted by Crippen LogP contribution is -2.47. The summed E-state index contributed by atoms with van der Waals surface area (Å²) >= 11 is 0. The molecule has 0 aliphatic carbocycles. The highest BCUT2D eigenvalue weighted by Gasteiger charge is 2.43. The fraction of sp³-hybridized carbons (Fsp3) is 0.423. The number of aromatic nitrogens is 2. The molecule has 2 saturated heterocycles. The molecule has 2 aromatic carbocycles. The number of benzene rings is 2. The van der Waals surface area contributed by atoms with Crippen molar-refractivity contribution in [3.05, 3.63) is 76.0 Å². The summed E-state index contributed by atoms with van der Waals surface area (Å²) in [5.41, 5.74) is 1.71. The summed E-state index contributed by atoms with van der Waals surface area (Å²) in [6.45, 7) is 3.85. The second kappa shape index (κ2) is 8.15. The SMILES string of the molecule is CC(C)n1nc(CC(=O)N2[C@@H]3CC[C@H]2CC(c2ccc(F)cc2)C3)c2ccccc2c1=O. The first-order chi connectivity index (χ1) is 15.4. The Kier molecular flexibility index (Phi) is 5.31. The van der Waals surface area contributed by atoms with Gasteiger partial charge in [0.05, 0.1) is 23.5 Å². The number of hydrogen-bond donors (Lipinski definition) is 0. The third-order valence-electron chi connectivity index (χ3n) is 7.08. The van der Waals surface area contributed by atoms with Gasteiger partial charge < -0.3 is 4.90 Å². The number of piperidine rings is 1. The molecule has 0 saturated carbocycles. The monoisotopic (exact) mass is 433 g/mol. The van der Waals surface area contributed by atoms with Gasteiger partial charge in [-0.1, -0.05) is 30.3 Å². The molecular formula is C26H28FN3O2. The van der Waals surface area contributed by atoms with E-state index in [0.29, 0.717) is 17.0 Å². The lowest BCUT2D eigenvalue weighted by molar-refractivity contribution is -0.135. The van der Waals surface area contributed by atoms with E-state index in [4.69, 9.17) is 0 Å². The van der Waals surface area contributed by atoms with Gasteiger partial charge in [-0.2, -0.15) is 5.10 Å². The van der Waals surface area contributed by atoms with E-state index in [0.717, 1.165) is 36.6 Å². The van der Waals surface area contributed by atoms with Crippen molar-refractivity contribution in [2.75, 3.05) is 0 Å². The van der Waals surface area contributed by atoms with Crippen LogP contribution in [0.25, 0.3) is 10.8 Å². The van der Waals surface area contributed by atoms with E-state index in [1.54, 1.807) is 0 Å². The van der Waals surface area contributed by atoms with Crippen LogP contribution >= 0.6 is 0 Å². The summed E-state index contributed by atoms with van der Waals surface area (Å²) in [5.74, 6) is 0.229. The molecule has 0 radical (unpaired) electrons. The molecule has 0 N–H and O–H groups in total. The van der Waals surface area contributed by atoms with Crippen molar-refractivity contribution >= 4 is 16.7 Å². The normalized spacial score (nSPS) is 22.6. The molecule has 3 atom stereocenters. The Labute approximate surface area is 186 Å². The first-order valence-corrected chi connectivity index (χ1v) is 11.5. The van der Waals surface area contributed by atoms with Crippen molar-refractivity contribution in [3.63, 3.8) is 0 Å². The molecular weight excluding hydrogens is 405 g/mol. The van der Waals surface area contributed by atoms with Crippen molar-refractivity contribution in [2.45, 2.75) is 70.0 Å². The van der Waals surface area contributed by atoms with E-state index in [1.807, 2.05) is 50.2 Å². The number of halogens is 1. The molecule has 1 aromatic heterocycles. The molecule has 2 aliphatic rings. The van der Waals surface area contributed by atoms with Gasteiger partial charge in [-0.05, 0) is 69.2 Å². The zero-order valence-corrected chi connectivity index (χ0v) is 18.5. The maximum Gasteiger partial charge on any atom is 0.274 e. The zero-order chi connectivity index (χ0) is 22.4. The molecule has 2 bridgehead atoms. The van der Waals surface area contributed by atoms with Gasteiger partial charge in [-0.15, -0.1) is 0 Å². The summed E-state index contributed by atoms with van der Waals surface area (Å²) in [6.07, 6.45) is 4.03. The Hall–Kier alpha value is -3.02. The van der Waals surface area contributed by atoms with Crippen molar-refractivity contribution in [1.29, 1.82) is 0 Å². The summed E-state index contributed by atoms with van der Waals surface area (Å²) in [7, 11) is 0. The highest BCUT2D eigenvalue weighted by molar-refractivity contribution is 5.88. The number of rotatable bonds is 4. The quantitative estimate of drug-likeness (QED) is 0.604. The van der Waals surface area contributed by atoms with Crippen molar-refractivity contribution in [2.24, 2.45) is 0 Å². The molecule has 5 nitrogen and oxygen atoms in total. The third kappa shape index (κ3) is 3.61. The van der Waals surface area contributed by atoms with Crippen LogP contribution in [0, 0.1) is 5.82 Å². The molecule has 2 aliphatic heterocycles. The summed E-state index contributed by atoms with van der Waals surface area (Å²) in [4.78, 5) is 28.3. The zero-order valence-electron chi connectivity index (χ0n) is 18.5. The molecule has 0 spiro atoms. The van der Waals surface area contributed by atoms with Crippen LogP contribution in [-0.2, 0) is 11.2 Å². The number of fused-ring (bicyclic) bond motifs is 3. The number of nitrogens with zero attached hydrogens (tertiary/aromatic N) is 3. The first-order valence-electron chi connectivity index (χ1n) is 11.5.